The highest BCUT2D eigenvalue weighted by Crippen LogP contribution is 2.27. The van der Waals surface area contributed by atoms with E-state index in [0.29, 0.717) is 5.56 Å². The summed E-state index contributed by atoms with van der Waals surface area (Å²) in [7, 11) is 0. The van der Waals surface area contributed by atoms with Gasteiger partial charge in [0, 0.05) is 17.2 Å². The summed E-state index contributed by atoms with van der Waals surface area (Å²) in [5.74, 6) is -0.559. The van der Waals surface area contributed by atoms with Gasteiger partial charge in [0.2, 0.25) is 0 Å². The maximum Gasteiger partial charge on any atom is 0.358 e. The van der Waals surface area contributed by atoms with Gasteiger partial charge in [0.05, 0.1) is 18.0 Å². The molecule has 6 heteroatoms. The maximum atomic E-state index is 12.9. The zero-order valence-electron chi connectivity index (χ0n) is 20.7. The highest BCUT2D eigenvalue weighted by Gasteiger charge is 2.23. The molecule has 0 radical (unpaired) electrons. The number of fused-ring (bicyclic) bond motifs is 1. The topological polar surface area (TPSA) is 73.2 Å². The van der Waals surface area contributed by atoms with Crippen molar-refractivity contribution in [1.29, 1.82) is 0 Å². The SMILES string of the molecule is CCOC(=O)c1cc(-c2ccc(C)c(C)c2)n(-c2ccc(C(=O)NC3Cc4ccccc4C3)cc2)n1. The van der Waals surface area contributed by atoms with Crippen molar-refractivity contribution in [1.82, 2.24) is 15.1 Å². The number of ether oxygens (including phenoxy) is 1. The lowest BCUT2D eigenvalue weighted by atomic mass is 10.0. The van der Waals surface area contributed by atoms with E-state index in [-0.39, 0.29) is 24.2 Å². The van der Waals surface area contributed by atoms with Crippen molar-refractivity contribution in [3.05, 3.63) is 106 Å². The molecule has 1 aliphatic rings. The number of hydrogen-bond acceptors (Lipinski definition) is 4. The van der Waals surface area contributed by atoms with Crippen molar-refractivity contribution in [3.8, 4) is 16.9 Å². The van der Waals surface area contributed by atoms with Gasteiger partial charge in [0.1, 0.15) is 0 Å². The average Bonchev–Trinajstić information content (AvgIpc) is 3.50. The molecule has 5 rings (SSSR count). The van der Waals surface area contributed by atoms with E-state index in [4.69, 9.17) is 4.74 Å². The normalized spacial score (nSPS) is 12.9. The summed E-state index contributed by atoms with van der Waals surface area (Å²) in [6, 6.07) is 23.6. The van der Waals surface area contributed by atoms with E-state index >= 15 is 0 Å². The van der Waals surface area contributed by atoms with E-state index in [0.717, 1.165) is 35.3 Å². The van der Waals surface area contributed by atoms with Gasteiger partial charge in [-0.1, -0.05) is 36.4 Å². The van der Waals surface area contributed by atoms with Crippen LogP contribution in [0.3, 0.4) is 0 Å². The van der Waals surface area contributed by atoms with Crippen LogP contribution in [0.1, 0.15) is 50.0 Å². The lowest BCUT2D eigenvalue weighted by Gasteiger charge is -2.13. The first kappa shape index (κ1) is 23.5. The van der Waals surface area contributed by atoms with Crippen LogP contribution >= 0.6 is 0 Å². The number of nitrogens with zero attached hydrogens (tertiary/aromatic N) is 2. The number of benzene rings is 3. The van der Waals surface area contributed by atoms with Crippen molar-refractivity contribution in [2.75, 3.05) is 6.61 Å². The number of rotatable bonds is 6. The number of amides is 1. The number of carbonyl (C=O) groups is 2. The van der Waals surface area contributed by atoms with Crippen LogP contribution in [0.5, 0.6) is 0 Å². The summed E-state index contributed by atoms with van der Waals surface area (Å²) in [5, 5.41) is 7.71. The summed E-state index contributed by atoms with van der Waals surface area (Å²) in [6.45, 7) is 6.17. The van der Waals surface area contributed by atoms with Gasteiger partial charge in [-0.3, -0.25) is 4.79 Å². The zero-order valence-corrected chi connectivity index (χ0v) is 20.7. The fourth-order valence-corrected chi connectivity index (χ4v) is 4.67. The molecular formula is C30H29N3O3. The third-order valence-electron chi connectivity index (χ3n) is 6.76. The predicted octanol–water partition coefficient (Wildman–Crippen LogP) is 5.23. The fourth-order valence-electron chi connectivity index (χ4n) is 4.67. The minimum Gasteiger partial charge on any atom is -0.461 e. The third kappa shape index (κ3) is 4.67. The Morgan fingerprint density at radius 3 is 2.28 bits per heavy atom. The van der Waals surface area contributed by atoms with Crippen molar-refractivity contribution >= 4 is 11.9 Å². The Kier molecular flexibility index (Phi) is 6.42. The van der Waals surface area contributed by atoms with Crippen LogP contribution in [0.25, 0.3) is 16.9 Å². The fraction of sp³-hybridized carbons (Fsp3) is 0.233. The lowest BCUT2D eigenvalue weighted by molar-refractivity contribution is 0.0518. The van der Waals surface area contributed by atoms with E-state index in [2.05, 4.69) is 48.5 Å². The Morgan fingerprint density at radius 2 is 1.64 bits per heavy atom. The minimum atomic E-state index is -0.463. The van der Waals surface area contributed by atoms with Crippen LogP contribution in [-0.2, 0) is 17.6 Å². The Hall–Kier alpha value is -4.19. The molecule has 0 atom stereocenters. The van der Waals surface area contributed by atoms with E-state index in [1.807, 2.05) is 30.3 Å². The molecule has 1 N–H and O–H groups in total. The second kappa shape index (κ2) is 9.82. The van der Waals surface area contributed by atoms with Gasteiger partial charge in [-0.2, -0.15) is 5.10 Å². The number of hydrogen-bond donors (Lipinski definition) is 1. The van der Waals surface area contributed by atoms with E-state index in [9.17, 15) is 9.59 Å². The molecule has 4 aromatic rings. The van der Waals surface area contributed by atoms with Crippen LogP contribution in [0.2, 0.25) is 0 Å². The van der Waals surface area contributed by atoms with Gasteiger partial charge in [-0.25, -0.2) is 9.48 Å². The average molecular weight is 480 g/mol. The Bertz CT molecular complexity index is 1410. The van der Waals surface area contributed by atoms with Crippen LogP contribution in [0, 0.1) is 13.8 Å². The Balaban J connectivity index is 1.40. The quantitative estimate of drug-likeness (QED) is 0.384. The number of carbonyl (C=O) groups excluding carboxylic acids is 2. The molecule has 36 heavy (non-hydrogen) atoms. The van der Waals surface area contributed by atoms with Crippen LogP contribution < -0.4 is 5.32 Å². The van der Waals surface area contributed by atoms with Gasteiger partial charge < -0.3 is 10.1 Å². The van der Waals surface area contributed by atoms with E-state index in [1.54, 1.807) is 29.8 Å². The molecule has 0 unspecified atom stereocenters. The molecule has 1 aromatic heterocycles. The molecule has 0 bridgehead atoms. The number of aryl methyl sites for hydroxylation is 2. The maximum absolute atomic E-state index is 12.9. The molecule has 6 nitrogen and oxygen atoms in total. The molecule has 182 valence electrons. The van der Waals surface area contributed by atoms with Gasteiger partial charge in [-0.15, -0.1) is 0 Å². The van der Waals surface area contributed by atoms with Crippen molar-refractivity contribution in [2.45, 2.75) is 39.7 Å². The molecule has 0 saturated carbocycles. The summed E-state index contributed by atoms with van der Waals surface area (Å²) < 4.78 is 6.91. The molecule has 0 aliphatic heterocycles. The number of nitrogens with one attached hydrogen (secondary N) is 1. The number of aromatic nitrogens is 2. The second-order valence-electron chi connectivity index (χ2n) is 9.24. The van der Waals surface area contributed by atoms with Crippen LogP contribution in [0.4, 0.5) is 0 Å². The van der Waals surface area contributed by atoms with Gasteiger partial charge in [0.25, 0.3) is 5.91 Å². The summed E-state index contributed by atoms with van der Waals surface area (Å²) in [4.78, 5) is 25.4. The Morgan fingerprint density at radius 1 is 0.944 bits per heavy atom. The molecule has 0 fully saturated rings. The molecule has 1 amide bonds. The first-order chi connectivity index (χ1) is 17.4. The minimum absolute atomic E-state index is 0.0959. The second-order valence-corrected chi connectivity index (χ2v) is 9.24. The first-order valence-corrected chi connectivity index (χ1v) is 12.3. The number of esters is 1. The van der Waals surface area contributed by atoms with Gasteiger partial charge in [0.15, 0.2) is 5.69 Å². The molecular weight excluding hydrogens is 450 g/mol. The lowest BCUT2D eigenvalue weighted by Crippen LogP contribution is -2.35. The van der Waals surface area contributed by atoms with Crippen molar-refractivity contribution < 1.29 is 14.3 Å². The molecule has 1 heterocycles. The van der Waals surface area contributed by atoms with Crippen LogP contribution in [0.15, 0.2) is 72.8 Å². The summed E-state index contributed by atoms with van der Waals surface area (Å²) in [6.07, 6.45) is 1.70. The summed E-state index contributed by atoms with van der Waals surface area (Å²) >= 11 is 0. The highest BCUT2D eigenvalue weighted by molar-refractivity contribution is 5.94. The molecule has 1 aliphatic carbocycles. The predicted molar refractivity (Wildman–Crippen MR) is 140 cm³/mol. The summed E-state index contributed by atoms with van der Waals surface area (Å²) in [5.41, 5.74) is 8.25. The smallest absolute Gasteiger partial charge is 0.358 e. The van der Waals surface area contributed by atoms with Crippen LogP contribution in [-0.4, -0.2) is 34.3 Å². The third-order valence-corrected chi connectivity index (χ3v) is 6.76. The van der Waals surface area contributed by atoms with E-state index in [1.165, 1.54) is 16.7 Å². The van der Waals surface area contributed by atoms with Crippen molar-refractivity contribution in [2.24, 2.45) is 0 Å². The van der Waals surface area contributed by atoms with Crippen molar-refractivity contribution in [3.63, 3.8) is 0 Å². The zero-order chi connectivity index (χ0) is 25.2. The monoisotopic (exact) mass is 479 g/mol. The standard InChI is InChI=1S/C30H29N3O3/c1-4-36-30(35)27-18-28(24-10-9-19(2)20(3)15-24)33(32-27)26-13-11-21(12-14-26)29(34)31-25-16-22-7-5-6-8-23(22)17-25/h5-15,18,25H,4,16-17H2,1-3H3,(H,31,34). The Labute approximate surface area is 210 Å². The van der Waals surface area contributed by atoms with E-state index < -0.39 is 5.97 Å². The van der Waals surface area contributed by atoms with Gasteiger partial charge >= 0.3 is 5.97 Å². The van der Waals surface area contributed by atoms with Gasteiger partial charge in [-0.05, 0) is 92.3 Å². The molecule has 3 aromatic carbocycles. The molecule has 0 saturated heterocycles. The first-order valence-electron chi connectivity index (χ1n) is 12.3. The molecule has 0 spiro atoms. The highest BCUT2D eigenvalue weighted by atomic mass is 16.5. The largest absolute Gasteiger partial charge is 0.461 e.